The standard InChI is InChI=1S/C26H24As2O3/c29-26(28(31,24-17-9-3-10-18-24)25-19-11-4-12-20-25)21-27(30,22-13-5-1-6-14-22)23-15-7-2-8-16-23/h1-20,26,29H,21H2. The Morgan fingerprint density at radius 1 is 0.516 bits per heavy atom. The number of benzene rings is 4. The van der Waals surface area contributed by atoms with Gasteiger partial charge in [0.15, 0.2) is 0 Å². The summed E-state index contributed by atoms with van der Waals surface area (Å²) in [6, 6.07) is 36.9. The summed E-state index contributed by atoms with van der Waals surface area (Å²) in [4.78, 5) is -1.21. The molecule has 3 nitrogen and oxygen atoms in total. The molecule has 4 aromatic carbocycles. The molecule has 0 aromatic heterocycles. The number of aliphatic hydroxyl groups is 1. The van der Waals surface area contributed by atoms with Gasteiger partial charge in [0.1, 0.15) is 0 Å². The molecule has 0 spiro atoms. The molecular formula is C26H24As2O3. The number of rotatable bonds is 7. The Labute approximate surface area is 187 Å². The molecule has 1 N–H and O–H groups in total. The Morgan fingerprint density at radius 2 is 0.806 bits per heavy atom. The van der Waals surface area contributed by atoms with Crippen molar-refractivity contribution in [3.8, 4) is 0 Å². The summed E-state index contributed by atoms with van der Waals surface area (Å²) in [5.74, 6) is 0. The van der Waals surface area contributed by atoms with E-state index in [1.54, 1.807) is 24.3 Å². The minimum absolute atomic E-state index is 0.0213. The Morgan fingerprint density at radius 3 is 1.13 bits per heavy atom. The molecule has 31 heavy (non-hydrogen) atoms. The van der Waals surface area contributed by atoms with E-state index in [1.807, 2.05) is 97.1 Å². The molecule has 1 atom stereocenters. The fraction of sp³-hybridized carbons (Fsp3) is 0.0769. The first-order chi connectivity index (χ1) is 15.0. The van der Waals surface area contributed by atoms with Crippen LogP contribution in [0.3, 0.4) is 0 Å². The van der Waals surface area contributed by atoms with Crippen LogP contribution in [-0.4, -0.2) is 37.0 Å². The summed E-state index contributed by atoms with van der Waals surface area (Å²) < 4.78 is 31.8. The number of aliphatic hydroxyl groups excluding tert-OH is 1. The first-order valence-corrected chi connectivity index (χ1v) is 17.8. The predicted molar refractivity (Wildman–Crippen MR) is 128 cm³/mol. The molecule has 4 rings (SSSR count). The second-order valence-electron chi connectivity index (χ2n) is 7.40. The van der Waals surface area contributed by atoms with E-state index in [9.17, 15) is 12.6 Å². The van der Waals surface area contributed by atoms with Gasteiger partial charge in [-0.05, 0) is 0 Å². The van der Waals surface area contributed by atoms with Gasteiger partial charge in [-0.3, -0.25) is 0 Å². The Bertz CT molecular complexity index is 1120. The van der Waals surface area contributed by atoms with Crippen LogP contribution in [0.5, 0.6) is 0 Å². The Hall–Kier alpha value is -2.44. The molecular weight excluding hydrogens is 510 g/mol. The monoisotopic (exact) mass is 534 g/mol. The zero-order valence-electron chi connectivity index (χ0n) is 17.0. The maximum absolute atomic E-state index is 14.6. The number of hydrogen-bond acceptors (Lipinski definition) is 3. The summed E-state index contributed by atoms with van der Waals surface area (Å²) in [5, 5.41) is 11.5. The predicted octanol–water partition coefficient (Wildman–Crippen LogP) is 2.27. The van der Waals surface area contributed by atoms with Gasteiger partial charge in [-0.25, -0.2) is 0 Å². The van der Waals surface area contributed by atoms with Gasteiger partial charge in [-0.15, -0.1) is 0 Å². The SMILES string of the molecule is O=[As](CC(O)[As](=O)(c1ccccc1)c1ccccc1)(c1ccccc1)c1ccccc1. The van der Waals surface area contributed by atoms with Gasteiger partial charge in [0.25, 0.3) is 0 Å². The zero-order chi connectivity index (χ0) is 21.7. The third kappa shape index (κ3) is 4.32. The Kier molecular flexibility index (Phi) is 6.58. The van der Waals surface area contributed by atoms with E-state index in [4.69, 9.17) is 0 Å². The first-order valence-electron chi connectivity index (χ1n) is 10.1. The van der Waals surface area contributed by atoms with Crippen molar-refractivity contribution in [1.29, 1.82) is 0 Å². The van der Waals surface area contributed by atoms with Crippen molar-refractivity contribution in [1.82, 2.24) is 0 Å². The second-order valence-corrected chi connectivity index (χ2v) is 19.6. The Balaban J connectivity index is 1.84. The van der Waals surface area contributed by atoms with Gasteiger partial charge in [0.2, 0.25) is 0 Å². The van der Waals surface area contributed by atoms with Crippen molar-refractivity contribution in [2.24, 2.45) is 0 Å². The zero-order valence-corrected chi connectivity index (χ0v) is 20.7. The van der Waals surface area contributed by atoms with Crippen molar-refractivity contribution in [2.75, 3.05) is 0 Å². The van der Waals surface area contributed by atoms with E-state index in [-0.39, 0.29) is 5.21 Å². The minimum atomic E-state index is -4.28. The molecule has 0 aliphatic heterocycles. The molecule has 0 fully saturated rings. The van der Waals surface area contributed by atoms with E-state index >= 15 is 0 Å². The quantitative estimate of drug-likeness (QED) is 0.371. The summed E-state index contributed by atoms with van der Waals surface area (Å²) in [7, 11) is 0. The van der Waals surface area contributed by atoms with Crippen LogP contribution in [0.15, 0.2) is 121 Å². The van der Waals surface area contributed by atoms with E-state index in [0.29, 0.717) is 17.4 Å². The van der Waals surface area contributed by atoms with Gasteiger partial charge in [-0.2, -0.15) is 0 Å². The molecule has 0 bridgehead atoms. The summed E-state index contributed by atoms with van der Waals surface area (Å²) >= 11 is -8.32. The molecule has 1 unspecified atom stereocenters. The average molecular weight is 534 g/mol. The van der Waals surface area contributed by atoms with E-state index in [1.165, 1.54) is 0 Å². The topological polar surface area (TPSA) is 54.4 Å². The molecule has 5 heteroatoms. The molecule has 0 saturated heterocycles. The van der Waals surface area contributed by atoms with Crippen LogP contribution in [-0.2, 0) is 7.48 Å². The van der Waals surface area contributed by atoms with E-state index in [2.05, 4.69) is 0 Å². The van der Waals surface area contributed by atoms with Crippen LogP contribution in [0, 0.1) is 0 Å². The fourth-order valence-corrected chi connectivity index (χ4v) is 19.2. The van der Waals surface area contributed by atoms with Crippen LogP contribution in [0.25, 0.3) is 0 Å². The third-order valence-electron chi connectivity index (χ3n) is 5.47. The molecule has 156 valence electrons. The molecule has 0 aliphatic rings. The van der Waals surface area contributed by atoms with Crippen LogP contribution in [0.4, 0.5) is 0 Å². The van der Waals surface area contributed by atoms with Gasteiger partial charge in [0.05, 0.1) is 0 Å². The van der Waals surface area contributed by atoms with Crippen molar-refractivity contribution < 1.29 is 12.6 Å². The maximum atomic E-state index is 14.6. The molecule has 0 amide bonds. The van der Waals surface area contributed by atoms with Gasteiger partial charge in [-0.1, -0.05) is 0 Å². The molecule has 0 saturated carbocycles. The van der Waals surface area contributed by atoms with Crippen molar-refractivity contribution in [3.05, 3.63) is 121 Å². The van der Waals surface area contributed by atoms with Gasteiger partial charge in [0, 0.05) is 0 Å². The van der Waals surface area contributed by atoms with Crippen molar-refractivity contribution in [2.45, 2.75) is 10.1 Å². The van der Waals surface area contributed by atoms with Gasteiger partial charge < -0.3 is 0 Å². The van der Waals surface area contributed by atoms with Crippen molar-refractivity contribution >= 4 is 44.4 Å². The summed E-state index contributed by atoms with van der Waals surface area (Å²) in [5.41, 5.74) is 0. The second kappa shape index (κ2) is 9.36. The first kappa shape index (κ1) is 21.8. The molecule has 0 aliphatic carbocycles. The van der Waals surface area contributed by atoms with E-state index < -0.39 is 31.9 Å². The van der Waals surface area contributed by atoms with E-state index in [0.717, 1.165) is 0 Å². The van der Waals surface area contributed by atoms with Crippen LogP contribution in [0.1, 0.15) is 0 Å². The molecule has 0 radical (unpaired) electrons. The fourth-order valence-electron chi connectivity index (χ4n) is 3.83. The summed E-state index contributed by atoms with van der Waals surface area (Å²) in [6.45, 7) is 0. The van der Waals surface area contributed by atoms with Gasteiger partial charge >= 0.3 is 188 Å². The van der Waals surface area contributed by atoms with Crippen LogP contribution >= 0.6 is 0 Å². The third-order valence-corrected chi connectivity index (χ3v) is 20.0. The van der Waals surface area contributed by atoms with Crippen LogP contribution in [0.2, 0.25) is 5.21 Å². The average Bonchev–Trinajstić information content (AvgIpc) is 2.85. The molecule has 0 heterocycles. The van der Waals surface area contributed by atoms with Crippen LogP contribution < -0.4 is 17.4 Å². The normalized spacial score (nSPS) is 12.9. The van der Waals surface area contributed by atoms with Crippen molar-refractivity contribution in [3.63, 3.8) is 0 Å². The molecule has 4 aromatic rings. The summed E-state index contributed by atoms with van der Waals surface area (Å²) in [6.07, 6.45) is 0. The number of hydrogen-bond donors (Lipinski definition) is 1.